The van der Waals surface area contributed by atoms with Crippen LogP contribution in [0.4, 0.5) is 10.1 Å². The number of carbonyl (C=O) groups excluding carboxylic acids is 2. The highest BCUT2D eigenvalue weighted by Gasteiger charge is 2.34. The maximum atomic E-state index is 14.7. The zero-order valence-electron chi connectivity index (χ0n) is 20.7. The van der Waals surface area contributed by atoms with Crippen molar-refractivity contribution in [3.8, 4) is 0 Å². The second kappa shape index (κ2) is 13.2. The van der Waals surface area contributed by atoms with Gasteiger partial charge in [0.25, 0.3) is 0 Å². The molecule has 0 aliphatic rings. The number of para-hydroxylation sites is 1. The first-order chi connectivity index (χ1) is 16.9. The smallest absolute Gasteiger partial charge is 0.304 e. The van der Waals surface area contributed by atoms with E-state index in [4.69, 9.17) is 23.2 Å². The zero-order chi connectivity index (χ0) is 27.0. The Labute approximate surface area is 222 Å². The van der Waals surface area contributed by atoms with Gasteiger partial charge in [-0.2, -0.15) is 12.7 Å². The summed E-state index contributed by atoms with van der Waals surface area (Å²) in [4.78, 5) is 27.9. The number of benzene rings is 2. The Hall–Kier alpha value is -2.40. The van der Waals surface area contributed by atoms with Crippen LogP contribution >= 0.6 is 23.2 Å². The maximum absolute atomic E-state index is 14.7. The molecule has 0 unspecified atom stereocenters. The average Bonchev–Trinajstić information content (AvgIpc) is 2.83. The van der Waals surface area contributed by atoms with Crippen LogP contribution in [-0.4, -0.2) is 62.7 Å². The van der Waals surface area contributed by atoms with E-state index in [1.54, 1.807) is 25.1 Å². The Morgan fingerprint density at radius 3 is 2.28 bits per heavy atom. The highest BCUT2D eigenvalue weighted by molar-refractivity contribution is 7.90. The van der Waals surface area contributed by atoms with Crippen molar-refractivity contribution in [2.24, 2.45) is 0 Å². The van der Waals surface area contributed by atoms with Crippen molar-refractivity contribution in [3.05, 3.63) is 63.9 Å². The summed E-state index contributed by atoms with van der Waals surface area (Å²) in [6, 6.07) is 9.19. The molecule has 36 heavy (non-hydrogen) atoms. The van der Waals surface area contributed by atoms with Gasteiger partial charge >= 0.3 is 10.2 Å². The van der Waals surface area contributed by atoms with E-state index in [1.807, 2.05) is 6.92 Å². The van der Waals surface area contributed by atoms with Crippen molar-refractivity contribution in [1.29, 1.82) is 0 Å². The van der Waals surface area contributed by atoms with Gasteiger partial charge in [-0.05, 0) is 42.7 Å². The minimum Gasteiger partial charge on any atom is -0.354 e. The van der Waals surface area contributed by atoms with Gasteiger partial charge in [-0.3, -0.25) is 9.59 Å². The normalized spacial score (nSPS) is 12.3. The van der Waals surface area contributed by atoms with Crippen LogP contribution in [0.5, 0.6) is 0 Å². The van der Waals surface area contributed by atoms with Gasteiger partial charge in [-0.25, -0.2) is 8.70 Å². The summed E-state index contributed by atoms with van der Waals surface area (Å²) >= 11 is 12.2. The number of nitrogens with one attached hydrogen (secondary N) is 1. The van der Waals surface area contributed by atoms with E-state index >= 15 is 0 Å². The van der Waals surface area contributed by atoms with Crippen LogP contribution in [0.25, 0.3) is 0 Å². The Bertz CT molecular complexity index is 1180. The molecule has 0 aliphatic carbocycles. The van der Waals surface area contributed by atoms with Crippen LogP contribution in [0.15, 0.2) is 42.5 Å². The van der Waals surface area contributed by atoms with E-state index in [9.17, 15) is 22.4 Å². The van der Waals surface area contributed by atoms with Gasteiger partial charge in [0, 0.05) is 27.2 Å². The van der Waals surface area contributed by atoms with Crippen molar-refractivity contribution in [2.45, 2.75) is 39.3 Å². The molecule has 8 nitrogen and oxygen atoms in total. The molecule has 0 radical (unpaired) electrons. The number of amides is 2. The van der Waals surface area contributed by atoms with Gasteiger partial charge in [0.2, 0.25) is 11.8 Å². The maximum Gasteiger partial charge on any atom is 0.304 e. The van der Waals surface area contributed by atoms with Crippen LogP contribution < -0.4 is 9.62 Å². The molecule has 0 saturated carbocycles. The standard InChI is InChI=1S/C24H31Cl2FN4O4S/c1-5-13-28-24(33)21(6-2)30(15-17-11-12-18(25)19(26)14-17)23(32)16-31(36(34,35)29(3)4)22-10-8-7-9-20(22)27/h7-12,14,21H,5-6,13,15-16H2,1-4H3,(H,28,33)/t21-/m0/s1. The molecule has 0 fully saturated rings. The second-order valence-corrected chi connectivity index (χ2v) is 11.1. The molecule has 1 atom stereocenters. The van der Waals surface area contributed by atoms with E-state index in [-0.39, 0.29) is 29.6 Å². The van der Waals surface area contributed by atoms with E-state index in [0.29, 0.717) is 27.9 Å². The number of carbonyl (C=O) groups is 2. The quantitative estimate of drug-likeness (QED) is 0.423. The fourth-order valence-electron chi connectivity index (χ4n) is 3.48. The lowest BCUT2D eigenvalue weighted by Gasteiger charge is -2.34. The lowest BCUT2D eigenvalue weighted by Crippen LogP contribution is -2.53. The Morgan fingerprint density at radius 2 is 1.72 bits per heavy atom. The number of nitrogens with zero attached hydrogens (tertiary/aromatic N) is 3. The van der Waals surface area contributed by atoms with Crippen LogP contribution in [0.1, 0.15) is 32.3 Å². The molecule has 0 heterocycles. The van der Waals surface area contributed by atoms with Crippen LogP contribution in [0.3, 0.4) is 0 Å². The van der Waals surface area contributed by atoms with Crippen LogP contribution in [0.2, 0.25) is 10.0 Å². The highest BCUT2D eigenvalue weighted by Crippen LogP contribution is 2.26. The summed E-state index contributed by atoms with van der Waals surface area (Å²) in [5, 5.41) is 3.39. The summed E-state index contributed by atoms with van der Waals surface area (Å²) in [5.41, 5.74) is 0.310. The summed E-state index contributed by atoms with van der Waals surface area (Å²) in [5.74, 6) is -1.87. The lowest BCUT2D eigenvalue weighted by atomic mass is 10.1. The highest BCUT2D eigenvalue weighted by atomic mass is 35.5. The molecule has 2 aromatic rings. The molecule has 0 spiro atoms. The zero-order valence-corrected chi connectivity index (χ0v) is 23.0. The first-order valence-electron chi connectivity index (χ1n) is 11.4. The predicted octanol–water partition coefficient (Wildman–Crippen LogP) is 4.08. The predicted molar refractivity (Wildman–Crippen MR) is 141 cm³/mol. The van der Waals surface area contributed by atoms with E-state index in [0.717, 1.165) is 10.4 Å². The van der Waals surface area contributed by atoms with Gasteiger partial charge in [0.1, 0.15) is 18.4 Å². The SMILES string of the molecule is CCCNC(=O)[C@H](CC)N(Cc1ccc(Cl)c(Cl)c1)C(=O)CN(c1ccccc1F)S(=O)(=O)N(C)C. The third kappa shape index (κ3) is 7.32. The minimum atomic E-state index is -4.26. The van der Waals surface area contributed by atoms with Crippen molar-refractivity contribution >= 4 is 50.9 Å². The molecule has 0 saturated heterocycles. The van der Waals surface area contributed by atoms with E-state index in [1.165, 1.54) is 37.2 Å². The Kier molecular flexibility index (Phi) is 11.0. The third-order valence-corrected chi connectivity index (χ3v) is 7.96. The van der Waals surface area contributed by atoms with Crippen molar-refractivity contribution in [2.75, 3.05) is 31.5 Å². The minimum absolute atomic E-state index is 0.0408. The first kappa shape index (κ1) is 29.8. The van der Waals surface area contributed by atoms with E-state index < -0.39 is 34.5 Å². The monoisotopic (exact) mass is 560 g/mol. The summed E-state index contributed by atoms with van der Waals surface area (Å²) in [7, 11) is -1.68. The summed E-state index contributed by atoms with van der Waals surface area (Å²) in [6.45, 7) is 3.30. The number of rotatable bonds is 12. The molecule has 2 rings (SSSR count). The number of halogens is 3. The molecule has 2 aromatic carbocycles. The number of anilines is 1. The molecule has 12 heteroatoms. The molecule has 0 aliphatic heterocycles. The van der Waals surface area contributed by atoms with E-state index in [2.05, 4.69) is 5.32 Å². The van der Waals surface area contributed by atoms with Crippen molar-refractivity contribution < 1.29 is 22.4 Å². The molecule has 1 N–H and O–H groups in total. The Balaban J connectivity index is 2.52. The first-order valence-corrected chi connectivity index (χ1v) is 13.5. The topological polar surface area (TPSA) is 90.0 Å². The lowest BCUT2D eigenvalue weighted by molar-refractivity contribution is -0.140. The largest absolute Gasteiger partial charge is 0.354 e. The summed E-state index contributed by atoms with van der Waals surface area (Å²) in [6.07, 6.45) is 0.966. The van der Waals surface area contributed by atoms with Gasteiger partial charge in [-0.1, -0.05) is 55.2 Å². The molecule has 0 bridgehead atoms. The molecular weight excluding hydrogens is 530 g/mol. The fraction of sp³-hybridized carbons (Fsp3) is 0.417. The van der Waals surface area contributed by atoms with Crippen molar-refractivity contribution in [1.82, 2.24) is 14.5 Å². The van der Waals surface area contributed by atoms with Gasteiger partial charge in [-0.15, -0.1) is 0 Å². The molecular formula is C24H31Cl2FN4O4S. The average molecular weight is 562 g/mol. The van der Waals surface area contributed by atoms with Gasteiger partial charge in [0.05, 0.1) is 15.7 Å². The second-order valence-electron chi connectivity index (χ2n) is 8.23. The number of hydrogen-bond donors (Lipinski definition) is 1. The number of hydrogen-bond acceptors (Lipinski definition) is 4. The molecule has 0 aromatic heterocycles. The van der Waals surface area contributed by atoms with Crippen molar-refractivity contribution in [3.63, 3.8) is 0 Å². The van der Waals surface area contributed by atoms with Gasteiger partial charge < -0.3 is 10.2 Å². The van der Waals surface area contributed by atoms with Crippen LogP contribution in [-0.2, 0) is 26.3 Å². The van der Waals surface area contributed by atoms with Crippen LogP contribution in [0, 0.1) is 5.82 Å². The Morgan fingerprint density at radius 1 is 1.06 bits per heavy atom. The molecule has 2 amide bonds. The van der Waals surface area contributed by atoms with Gasteiger partial charge in [0.15, 0.2) is 0 Å². The molecule has 198 valence electrons. The summed E-state index contributed by atoms with van der Waals surface area (Å²) < 4.78 is 42.5. The fourth-order valence-corrected chi connectivity index (χ4v) is 4.86. The third-order valence-electron chi connectivity index (χ3n) is 5.41.